The summed E-state index contributed by atoms with van der Waals surface area (Å²) in [7, 11) is 0. The molecule has 1 unspecified atom stereocenters. The third-order valence-electron chi connectivity index (χ3n) is 5.27. The number of carbonyl (C=O) groups is 3. The Morgan fingerprint density at radius 2 is 1.66 bits per heavy atom. The van der Waals surface area contributed by atoms with Gasteiger partial charge in [0.1, 0.15) is 5.70 Å². The number of amides is 3. The number of hydrogen-bond acceptors (Lipinski definition) is 5. The van der Waals surface area contributed by atoms with Crippen molar-refractivity contribution >= 4 is 74.2 Å². The average molecular weight is 607 g/mol. The molecule has 0 fully saturated rings. The van der Waals surface area contributed by atoms with Gasteiger partial charge in [-0.1, -0.05) is 40.2 Å². The molecule has 3 N–H and O–H groups in total. The molecule has 0 radical (unpaired) electrons. The Kier molecular flexibility index (Phi) is 9.53. The van der Waals surface area contributed by atoms with Crippen LogP contribution >= 0.6 is 39.0 Å². The van der Waals surface area contributed by atoms with E-state index in [4.69, 9.17) is 0 Å². The number of thioether (sulfide) groups is 1. The van der Waals surface area contributed by atoms with Gasteiger partial charge in [-0.15, -0.1) is 11.8 Å². The molecule has 0 aliphatic rings. The Bertz CT molecular complexity index is 1440. The summed E-state index contributed by atoms with van der Waals surface area (Å²) in [5.74, 6) is -0.961. The predicted octanol–water partition coefficient (Wildman–Crippen LogP) is 7.04. The smallest absolute Gasteiger partial charge is 0.272 e. The molecule has 0 saturated heterocycles. The van der Waals surface area contributed by atoms with E-state index in [0.29, 0.717) is 16.9 Å². The van der Waals surface area contributed by atoms with Crippen LogP contribution in [0.5, 0.6) is 0 Å². The molecule has 0 bridgehead atoms. The molecule has 3 amide bonds. The van der Waals surface area contributed by atoms with E-state index in [0.717, 1.165) is 14.9 Å². The van der Waals surface area contributed by atoms with Crippen molar-refractivity contribution in [2.45, 2.75) is 17.1 Å². The van der Waals surface area contributed by atoms with Crippen molar-refractivity contribution in [3.63, 3.8) is 0 Å². The van der Waals surface area contributed by atoms with Gasteiger partial charge in [-0.3, -0.25) is 14.4 Å². The highest BCUT2D eigenvalue weighted by atomic mass is 79.9. The van der Waals surface area contributed by atoms with Crippen LogP contribution in [-0.2, 0) is 9.59 Å². The Labute approximate surface area is 237 Å². The number of carbonyl (C=O) groups excluding carboxylic acids is 3. The molecule has 0 spiro atoms. The van der Waals surface area contributed by atoms with E-state index < -0.39 is 5.91 Å². The van der Waals surface area contributed by atoms with Gasteiger partial charge in [0.25, 0.3) is 11.8 Å². The van der Waals surface area contributed by atoms with Crippen molar-refractivity contribution in [1.29, 1.82) is 0 Å². The highest BCUT2D eigenvalue weighted by molar-refractivity contribution is 9.10. The molecule has 4 aromatic rings. The third kappa shape index (κ3) is 7.92. The Balaban J connectivity index is 1.44. The van der Waals surface area contributed by atoms with Gasteiger partial charge in [-0.25, -0.2) is 0 Å². The van der Waals surface area contributed by atoms with Crippen molar-refractivity contribution < 1.29 is 14.4 Å². The van der Waals surface area contributed by atoms with Gasteiger partial charge < -0.3 is 16.0 Å². The normalized spacial score (nSPS) is 11.9. The van der Waals surface area contributed by atoms with Gasteiger partial charge in [0.05, 0.1) is 5.25 Å². The second-order valence-electron chi connectivity index (χ2n) is 8.17. The summed E-state index contributed by atoms with van der Waals surface area (Å²) in [4.78, 5) is 39.4. The summed E-state index contributed by atoms with van der Waals surface area (Å²) in [5.41, 5.74) is 2.64. The Hall–Kier alpha value is -3.66. The van der Waals surface area contributed by atoms with Crippen molar-refractivity contribution in [2.24, 2.45) is 0 Å². The summed E-state index contributed by atoms with van der Waals surface area (Å²) in [6.07, 6.45) is 1.64. The van der Waals surface area contributed by atoms with Gasteiger partial charge in [0.15, 0.2) is 0 Å². The summed E-state index contributed by atoms with van der Waals surface area (Å²) in [5, 5.41) is 11.9. The highest BCUT2D eigenvalue weighted by Gasteiger charge is 2.17. The summed E-state index contributed by atoms with van der Waals surface area (Å²) >= 11 is 6.26. The van der Waals surface area contributed by atoms with E-state index in [-0.39, 0.29) is 22.8 Å². The molecule has 38 heavy (non-hydrogen) atoms. The molecule has 0 aliphatic carbocycles. The van der Waals surface area contributed by atoms with Crippen LogP contribution in [0.1, 0.15) is 22.8 Å². The van der Waals surface area contributed by atoms with Gasteiger partial charge >= 0.3 is 0 Å². The Morgan fingerprint density at radius 3 is 2.37 bits per heavy atom. The number of anilines is 2. The standard InChI is InChI=1S/C29H24BrN3O3S2/c1-19(27(34)31-23-12-10-22(30)11-13-23)38-25-9-5-8-24(17-25)32-29(36)26(16-20-14-15-37-18-20)33-28(35)21-6-3-2-4-7-21/h2-19H,1H3,(H,31,34)(H,32,36)(H,33,35)/b26-16-. The van der Waals surface area contributed by atoms with Crippen LogP contribution in [0.3, 0.4) is 0 Å². The number of rotatable bonds is 9. The van der Waals surface area contributed by atoms with Crippen molar-refractivity contribution in [2.75, 3.05) is 10.6 Å². The summed E-state index contributed by atoms with van der Waals surface area (Å²) < 4.78 is 0.935. The van der Waals surface area contributed by atoms with Crippen LogP contribution in [0.25, 0.3) is 6.08 Å². The maximum Gasteiger partial charge on any atom is 0.272 e. The minimum Gasteiger partial charge on any atom is -0.325 e. The lowest BCUT2D eigenvalue weighted by molar-refractivity contribution is -0.115. The number of hydrogen-bond donors (Lipinski definition) is 3. The molecular weight excluding hydrogens is 582 g/mol. The lowest BCUT2D eigenvalue weighted by Gasteiger charge is -2.14. The maximum atomic E-state index is 13.2. The monoisotopic (exact) mass is 605 g/mol. The van der Waals surface area contributed by atoms with E-state index in [9.17, 15) is 14.4 Å². The number of halogens is 1. The summed E-state index contributed by atoms with van der Waals surface area (Å²) in [6, 6.07) is 25.2. The van der Waals surface area contributed by atoms with Crippen LogP contribution in [-0.4, -0.2) is 23.0 Å². The average Bonchev–Trinajstić information content (AvgIpc) is 3.43. The molecule has 6 nitrogen and oxygen atoms in total. The van der Waals surface area contributed by atoms with Crippen LogP contribution in [0, 0.1) is 0 Å². The fourth-order valence-corrected chi connectivity index (χ4v) is 5.16. The van der Waals surface area contributed by atoms with Crippen LogP contribution < -0.4 is 16.0 Å². The quantitative estimate of drug-likeness (QED) is 0.141. The lowest BCUT2D eigenvalue weighted by Crippen LogP contribution is -2.30. The van der Waals surface area contributed by atoms with E-state index in [1.54, 1.807) is 42.5 Å². The second kappa shape index (κ2) is 13.2. The molecule has 1 aromatic heterocycles. The molecule has 0 saturated carbocycles. The first kappa shape index (κ1) is 27.4. The minimum absolute atomic E-state index is 0.123. The highest BCUT2D eigenvalue weighted by Crippen LogP contribution is 2.27. The van der Waals surface area contributed by atoms with E-state index in [1.165, 1.54) is 23.1 Å². The van der Waals surface area contributed by atoms with E-state index in [1.807, 2.05) is 66.2 Å². The van der Waals surface area contributed by atoms with Gasteiger partial charge in [0, 0.05) is 26.3 Å². The van der Waals surface area contributed by atoms with Crippen LogP contribution in [0.4, 0.5) is 11.4 Å². The van der Waals surface area contributed by atoms with Crippen molar-refractivity contribution in [1.82, 2.24) is 5.32 Å². The van der Waals surface area contributed by atoms with Gasteiger partial charge in [0.2, 0.25) is 5.91 Å². The van der Waals surface area contributed by atoms with Gasteiger partial charge in [-0.2, -0.15) is 11.3 Å². The molecule has 192 valence electrons. The fraction of sp³-hybridized carbons (Fsp3) is 0.0690. The zero-order valence-electron chi connectivity index (χ0n) is 20.3. The third-order valence-corrected chi connectivity index (χ3v) is 7.59. The number of nitrogens with one attached hydrogen (secondary N) is 3. The molecular formula is C29H24BrN3O3S2. The first-order valence-corrected chi connectivity index (χ1v) is 14.2. The van der Waals surface area contributed by atoms with Gasteiger partial charge in [-0.05, 0) is 90.0 Å². The van der Waals surface area contributed by atoms with Crippen LogP contribution in [0.15, 0.2) is 111 Å². The minimum atomic E-state index is -0.455. The zero-order valence-corrected chi connectivity index (χ0v) is 23.5. The Morgan fingerprint density at radius 1 is 0.895 bits per heavy atom. The number of benzene rings is 3. The van der Waals surface area contributed by atoms with E-state index >= 15 is 0 Å². The number of thiophene rings is 1. The first-order valence-electron chi connectivity index (χ1n) is 11.6. The van der Waals surface area contributed by atoms with Crippen molar-refractivity contribution in [3.8, 4) is 0 Å². The fourth-order valence-electron chi connectivity index (χ4n) is 3.35. The topological polar surface area (TPSA) is 87.3 Å². The molecule has 1 heterocycles. The maximum absolute atomic E-state index is 13.2. The second-order valence-corrected chi connectivity index (χ2v) is 11.3. The summed E-state index contributed by atoms with van der Waals surface area (Å²) in [6.45, 7) is 1.82. The predicted molar refractivity (Wildman–Crippen MR) is 159 cm³/mol. The largest absolute Gasteiger partial charge is 0.325 e. The molecule has 3 aromatic carbocycles. The lowest BCUT2D eigenvalue weighted by atomic mass is 10.2. The SMILES string of the molecule is CC(Sc1cccc(NC(=O)/C(=C/c2ccsc2)NC(=O)c2ccccc2)c1)C(=O)Nc1ccc(Br)cc1. The zero-order chi connectivity index (χ0) is 26.9. The van der Waals surface area contributed by atoms with E-state index in [2.05, 4.69) is 31.9 Å². The molecule has 9 heteroatoms. The molecule has 0 aliphatic heterocycles. The molecule has 4 rings (SSSR count). The van der Waals surface area contributed by atoms with Crippen LogP contribution in [0.2, 0.25) is 0 Å². The van der Waals surface area contributed by atoms with Crippen molar-refractivity contribution in [3.05, 3.63) is 117 Å². The molecule has 1 atom stereocenters. The first-order chi connectivity index (χ1) is 18.4.